The van der Waals surface area contributed by atoms with Crippen LogP contribution in [0.4, 0.5) is 0 Å². The summed E-state index contributed by atoms with van der Waals surface area (Å²) < 4.78 is 10.8. The zero-order valence-electron chi connectivity index (χ0n) is 11.7. The fourth-order valence-corrected chi connectivity index (χ4v) is 1.76. The maximum Gasteiger partial charge on any atom is 0.232 e. The Bertz CT molecular complexity index is 361. The number of hydrogen-bond donors (Lipinski definition) is 1. The van der Waals surface area contributed by atoms with Crippen LogP contribution in [0.2, 0.25) is 5.02 Å². The quantitative estimate of drug-likeness (QED) is 0.672. The second-order valence-electron chi connectivity index (χ2n) is 4.27. The van der Waals surface area contributed by atoms with Crippen molar-refractivity contribution in [3.63, 3.8) is 0 Å². The van der Waals surface area contributed by atoms with Gasteiger partial charge in [-0.1, -0.05) is 25.4 Å². The van der Waals surface area contributed by atoms with Crippen LogP contribution in [-0.2, 0) is 11.3 Å². The molecule has 108 valence electrons. The molecule has 0 saturated carbocycles. The molecule has 0 amide bonds. The van der Waals surface area contributed by atoms with Gasteiger partial charge in [0, 0.05) is 19.3 Å². The molecular formula is C14H23ClN2O2. The van der Waals surface area contributed by atoms with Gasteiger partial charge >= 0.3 is 0 Å². The second kappa shape index (κ2) is 10.0. The Labute approximate surface area is 120 Å². The number of pyridine rings is 1. The van der Waals surface area contributed by atoms with E-state index in [1.807, 2.05) is 6.07 Å². The van der Waals surface area contributed by atoms with E-state index < -0.39 is 0 Å². The number of rotatable bonds is 10. The van der Waals surface area contributed by atoms with Crippen LogP contribution >= 0.6 is 11.6 Å². The third kappa shape index (κ3) is 6.76. The van der Waals surface area contributed by atoms with Crippen molar-refractivity contribution in [2.75, 3.05) is 26.4 Å². The van der Waals surface area contributed by atoms with E-state index in [1.54, 1.807) is 6.20 Å². The predicted molar refractivity (Wildman–Crippen MR) is 77.8 cm³/mol. The van der Waals surface area contributed by atoms with Crippen molar-refractivity contribution in [1.82, 2.24) is 10.3 Å². The average Bonchev–Trinajstić information content (AvgIpc) is 2.41. The lowest BCUT2D eigenvalue weighted by Gasteiger charge is -2.09. The third-order valence-corrected chi connectivity index (χ3v) is 2.71. The number of ether oxygens (including phenoxy) is 2. The van der Waals surface area contributed by atoms with Crippen LogP contribution in [0.5, 0.6) is 5.88 Å². The smallest absolute Gasteiger partial charge is 0.232 e. The molecule has 1 N–H and O–H groups in total. The van der Waals surface area contributed by atoms with Gasteiger partial charge in [0.2, 0.25) is 5.88 Å². The maximum atomic E-state index is 6.13. The van der Waals surface area contributed by atoms with Gasteiger partial charge in [-0.15, -0.1) is 0 Å². The van der Waals surface area contributed by atoms with Crippen molar-refractivity contribution in [2.45, 2.75) is 33.2 Å². The number of nitrogens with zero attached hydrogens (tertiary/aromatic N) is 1. The monoisotopic (exact) mass is 286 g/mol. The zero-order chi connectivity index (χ0) is 13.9. The van der Waals surface area contributed by atoms with Gasteiger partial charge in [-0.2, -0.15) is 0 Å². The van der Waals surface area contributed by atoms with E-state index >= 15 is 0 Å². The van der Waals surface area contributed by atoms with Gasteiger partial charge < -0.3 is 14.8 Å². The Morgan fingerprint density at radius 1 is 1.21 bits per heavy atom. The van der Waals surface area contributed by atoms with E-state index in [2.05, 4.69) is 24.1 Å². The van der Waals surface area contributed by atoms with Crippen molar-refractivity contribution >= 4 is 11.6 Å². The van der Waals surface area contributed by atoms with Crippen LogP contribution in [0, 0.1) is 0 Å². The van der Waals surface area contributed by atoms with Gasteiger partial charge in [0.05, 0.1) is 6.61 Å². The molecule has 0 aliphatic rings. The van der Waals surface area contributed by atoms with Crippen LogP contribution < -0.4 is 10.1 Å². The molecule has 0 aliphatic carbocycles. The summed E-state index contributed by atoms with van der Waals surface area (Å²) in [5.74, 6) is 0.473. The van der Waals surface area contributed by atoms with E-state index in [1.165, 1.54) is 0 Å². The molecule has 0 spiro atoms. The summed E-state index contributed by atoms with van der Waals surface area (Å²) in [6, 6.07) is 1.89. The first-order valence-corrected chi connectivity index (χ1v) is 7.21. The Morgan fingerprint density at radius 2 is 2.05 bits per heavy atom. The first kappa shape index (κ1) is 16.2. The Balaban J connectivity index is 2.34. The first-order chi connectivity index (χ1) is 9.27. The van der Waals surface area contributed by atoms with Crippen LogP contribution in [0.15, 0.2) is 12.3 Å². The minimum Gasteiger partial charge on any atom is -0.474 e. The summed E-state index contributed by atoms with van der Waals surface area (Å²) in [4.78, 5) is 4.23. The van der Waals surface area contributed by atoms with Crippen molar-refractivity contribution in [3.05, 3.63) is 22.8 Å². The first-order valence-electron chi connectivity index (χ1n) is 6.83. The van der Waals surface area contributed by atoms with Gasteiger partial charge in [-0.3, -0.25) is 0 Å². The Kier molecular flexibility index (Phi) is 8.54. The van der Waals surface area contributed by atoms with Gasteiger partial charge in [-0.05, 0) is 31.0 Å². The van der Waals surface area contributed by atoms with Crippen LogP contribution in [0.3, 0.4) is 0 Å². The van der Waals surface area contributed by atoms with Crippen molar-refractivity contribution in [2.24, 2.45) is 0 Å². The number of halogens is 1. The molecule has 19 heavy (non-hydrogen) atoms. The molecule has 0 saturated heterocycles. The molecule has 0 fully saturated rings. The van der Waals surface area contributed by atoms with Crippen LogP contribution in [0.25, 0.3) is 0 Å². The second-order valence-corrected chi connectivity index (χ2v) is 4.68. The SMILES string of the molecule is CCCNCc1cnc(OCCOCCC)c(Cl)c1. The fourth-order valence-electron chi connectivity index (χ4n) is 1.52. The Morgan fingerprint density at radius 3 is 2.74 bits per heavy atom. The maximum absolute atomic E-state index is 6.13. The van der Waals surface area contributed by atoms with Crippen molar-refractivity contribution < 1.29 is 9.47 Å². The third-order valence-electron chi connectivity index (χ3n) is 2.43. The van der Waals surface area contributed by atoms with Gasteiger partial charge in [-0.25, -0.2) is 4.98 Å². The summed E-state index contributed by atoms with van der Waals surface area (Å²) in [6.07, 6.45) is 3.91. The van der Waals surface area contributed by atoms with E-state index in [0.717, 1.165) is 38.1 Å². The average molecular weight is 287 g/mol. The molecule has 0 aliphatic heterocycles. The molecule has 0 bridgehead atoms. The molecule has 0 radical (unpaired) electrons. The van der Waals surface area contributed by atoms with Crippen LogP contribution in [0.1, 0.15) is 32.3 Å². The van der Waals surface area contributed by atoms with Gasteiger partial charge in [0.25, 0.3) is 0 Å². The highest BCUT2D eigenvalue weighted by atomic mass is 35.5. The normalized spacial score (nSPS) is 10.7. The summed E-state index contributed by atoms with van der Waals surface area (Å²) in [5.41, 5.74) is 1.06. The van der Waals surface area contributed by atoms with Gasteiger partial charge in [0.15, 0.2) is 0 Å². The number of nitrogens with one attached hydrogen (secondary N) is 1. The van der Waals surface area contributed by atoms with Crippen molar-refractivity contribution in [3.8, 4) is 5.88 Å². The fraction of sp³-hybridized carbons (Fsp3) is 0.643. The molecule has 0 atom stereocenters. The van der Waals surface area contributed by atoms with E-state index in [9.17, 15) is 0 Å². The standard InChI is InChI=1S/C14H23ClN2O2/c1-3-5-16-10-12-9-13(15)14(17-11-12)19-8-7-18-6-4-2/h9,11,16H,3-8,10H2,1-2H3. The predicted octanol–water partition coefficient (Wildman–Crippen LogP) is 3.04. The topological polar surface area (TPSA) is 43.4 Å². The molecule has 0 aromatic carbocycles. The summed E-state index contributed by atoms with van der Waals surface area (Å²) in [6.45, 7) is 7.77. The molecule has 1 aromatic rings. The zero-order valence-corrected chi connectivity index (χ0v) is 12.5. The lowest BCUT2D eigenvalue weighted by molar-refractivity contribution is 0.0990. The molecule has 0 unspecified atom stereocenters. The summed E-state index contributed by atoms with van der Waals surface area (Å²) >= 11 is 6.13. The van der Waals surface area contributed by atoms with E-state index in [0.29, 0.717) is 24.1 Å². The van der Waals surface area contributed by atoms with Crippen LogP contribution in [-0.4, -0.2) is 31.3 Å². The summed E-state index contributed by atoms with van der Waals surface area (Å²) in [5, 5.41) is 3.85. The minimum atomic E-state index is 0.472. The molecule has 1 aromatic heterocycles. The number of aromatic nitrogens is 1. The highest BCUT2D eigenvalue weighted by Gasteiger charge is 2.04. The Hall–Kier alpha value is -0.840. The lowest BCUT2D eigenvalue weighted by Crippen LogP contribution is -2.14. The molecule has 4 nitrogen and oxygen atoms in total. The molecule has 1 heterocycles. The summed E-state index contributed by atoms with van der Waals surface area (Å²) in [7, 11) is 0. The van der Waals surface area contributed by atoms with Crippen molar-refractivity contribution in [1.29, 1.82) is 0 Å². The van der Waals surface area contributed by atoms with E-state index in [4.69, 9.17) is 21.1 Å². The van der Waals surface area contributed by atoms with Gasteiger partial charge in [0.1, 0.15) is 11.6 Å². The van der Waals surface area contributed by atoms with E-state index in [-0.39, 0.29) is 0 Å². The highest BCUT2D eigenvalue weighted by molar-refractivity contribution is 6.31. The molecule has 1 rings (SSSR count). The molecule has 5 heteroatoms. The molecular weight excluding hydrogens is 264 g/mol. The number of hydrogen-bond acceptors (Lipinski definition) is 4. The lowest BCUT2D eigenvalue weighted by atomic mass is 10.3. The largest absolute Gasteiger partial charge is 0.474 e. The minimum absolute atomic E-state index is 0.472. The highest BCUT2D eigenvalue weighted by Crippen LogP contribution is 2.22.